The van der Waals surface area contributed by atoms with Crippen molar-refractivity contribution in [3.8, 4) is 5.75 Å². The molecule has 0 bridgehead atoms. The van der Waals surface area contributed by atoms with Gasteiger partial charge in [0.05, 0.1) is 28.9 Å². The van der Waals surface area contributed by atoms with Crippen LogP contribution in [-0.2, 0) is 14.6 Å². The van der Waals surface area contributed by atoms with Crippen LogP contribution in [0.15, 0.2) is 53.4 Å². The Morgan fingerprint density at radius 2 is 1.64 bits per heavy atom. The van der Waals surface area contributed by atoms with Crippen LogP contribution in [0, 0.1) is 0 Å². The highest BCUT2D eigenvalue weighted by molar-refractivity contribution is 7.92. The maximum atomic E-state index is 12.9. The molecule has 152 valence electrons. The number of amides is 1. The van der Waals surface area contributed by atoms with E-state index in [1.54, 1.807) is 6.07 Å². The fourth-order valence-electron chi connectivity index (χ4n) is 3.36. The smallest absolute Gasteiger partial charge is 0.232 e. The lowest BCUT2D eigenvalue weighted by Crippen LogP contribution is -2.22. The van der Waals surface area contributed by atoms with E-state index in [9.17, 15) is 13.2 Å². The van der Waals surface area contributed by atoms with Crippen molar-refractivity contribution in [1.29, 1.82) is 0 Å². The molecule has 0 aliphatic rings. The van der Waals surface area contributed by atoms with E-state index < -0.39 is 15.1 Å². The Balaban J connectivity index is 2.38. The van der Waals surface area contributed by atoms with Crippen LogP contribution in [0.4, 0.5) is 5.69 Å². The van der Waals surface area contributed by atoms with Crippen LogP contribution in [0.1, 0.15) is 51.5 Å². The van der Waals surface area contributed by atoms with Crippen LogP contribution < -0.4 is 10.1 Å². The van der Waals surface area contributed by atoms with Crippen molar-refractivity contribution in [1.82, 2.24) is 0 Å². The molecule has 6 heteroatoms. The van der Waals surface area contributed by atoms with Crippen LogP contribution in [0.3, 0.4) is 0 Å². The first-order chi connectivity index (χ1) is 13.4. The van der Waals surface area contributed by atoms with Gasteiger partial charge < -0.3 is 10.1 Å². The molecule has 0 aliphatic carbocycles. The van der Waals surface area contributed by atoms with Crippen molar-refractivity contribution >= 4 is 21.4 Å². The van der Waals surface area contributed by atoms with Gasteiger partial charge in [0.25, 0.3) is 0 Å². The molecule has 1 atom stereocenters. The number of hydrogen-bond donors (Lipinski definition) is 1. The summed E-state index contributed by atoms with van der Waals surface area (Å²) >= 11 is 0. The predicted octanol–water partition coefficient (Wildman–Crippen LogP) is 4.79. The Labute approximate surface area is 168 Å². The van der Waals surface area contributed by atoms with E-state index in [0.29, 0.717) is 30.7 Å². The number of nitrogens with one attached hydrogen (secondary N) is 1. The van der Waals surface area contributed by atoms with Gasteiger partial charge in [-0.1, -0.05) is 51.1 Å². The van der Waals surface area contributed by atoms with Gasteiger partial charge in [-0.05, 0) is 43.0 Å². The highest BCUT2D eigenvalue weighted by Crippen LogP contribution is 2.32. The standard InChI is InChI=1S/C22H29NO4S/c1-5-17(6-2)28(25,26)18-13-14-21(27-4)20(15-18)23-22(24)19(7-3)16-11-9-8-10-12-16/h8-15,17,19H,5-7H2,1-4H3,(H,23,24). The van der Waals surface area contributed by atoms with Gasteiger partial charge in [-0.15, -0.1) is 0 Å². The molecule has 5 nitrogen and oxygen atoms in total. The minimum Gasteiger partial charge on any atom is -0.495 e. The number of hydrogen-bond acceptors (Lipinski definition) is 4. The molecule has 2 aromatic rings. The van der Waals surface area contributed by atoms with Gasteiger partial charge in [-0.3, -0.25) is 4.79 Å². The van der Waals surface area contributed by atoms with E-state index in [1.165, 1.54) is 19.2 Å². The van der Waals surface area contributed by atoms with Crippen LogP contribution in [0.5, 0.6) is 5.75 Å². The average Bonchev–Trinajstić information content (AvgIpc) is 2.70. The van der Waals surface area contributed by atoms with Crippen molar-refractivity contribution in [2.75, 3.05) is 12.4 Å². The first-order valence-corrected chi connectivity index (χ1v) is 11.2. The molecule has 2 rings (SSSR count). The SMILES string of the molecule is CCC(C(=O)Nc1cc(S(=O)(=O)C(CC)CC)ccc1OC)c1ccccc1. The van der Waals surface area contributed by atoms with Crippen molar-refractivity contribution in [2.24, 2.45) is 0 Å². The Kier molecular flexibility index (Phi) is 7.63. The minimum absolute atomic E-state index is 0.191. The zero-order chi connectivity index (χ0) is 20.7. The summed E-state index contributed by atoms with van der Waals surface area (Å²) in [4.78, 5) is 13.1. The zero-order valence-corrected chi connectivity index (χ0v) is 17.8. The van der Waals surface area contributed by atoms with E-state index >= 15 is 0 Å². The minimum atomic E-state index is -3.47. The van der Waals surface area contributed by atoms with Crippen molar-refractivity contribution in [3.05, 3.63) is 54.1 Å². The molecule has 0 aromatic heterocycles. The van der Waals surface area contributed by atoms with Gasteiger partial charge in [0.15, 0.2) is 9.84 Å². The zero-order valence-electron chi connectivity index (χ0n) is 16.9. The van der Waals surface area contributed by atoms with Gasteiger partial charge in [0.2, 0.25) is 5.91 Å². The summed E-state index contributed by atoms with van der Waals surface area (Å²) in [6.07, 6.45) is 1.71. The predicted molar refractivity (Wildman–Crippen MR) is 113 cm³/mol. The number of methoxy groups -OCH3 is 1. The number of sulfone groups is 1. The number of ether oxygens (including phenoxy) is 1. The van der Waals surface area contributed by atoms with Crippen LogP contribution in [0.25, 0.3) is 0 Å². The second-order valence-corrected chi connectivity index (χ2v) is 8.93. The lowest BCUT2D eigenvalue weighted by atomic mass is 9.95. The monoisotopic (exact) mass is 403 g/mol. The highest BCUT2D eigenvalue weighted by Gasteiger charge is 2.26. The Hall–Kier alpha value is -2.34. The summed E-state index contributed by atoms with van der Waals surface area (Å²) < 4.78 is 31.1. The van der Waals surface area contributed by atoms with Crippen molar-refractivity contribution in [3.63, 3.8) is 0 Å². The summed E-state index contributed by atoms with van der Waals surface area (Å²) in [7, 11) is -1.97. The van der Waals surface area contributed by atoms with Crippen molar-refractivity contribution < 1.29 is 17.9 Å². The maximum absolute atomic E-state index is 12.9. The Morgan fingerprint density at radius 1 is 1.00 bits per heavy atom. The molecular formula is C22H29NO4S. The summed E-state index contributed by atoms with van der Waals surface area (Å²) in [5.41, 5.74) is 1.29. The molecule has 28 heavy (non-hydrogen) atoms. The van der Waals surface area contributed by atoms with Gasteiger partial charge in [0, 0.05) is 0 Å². The summed E-state index contributed by atoms with van der Waals surface area (Å²) in [5, 5.41) is 2.42. The summed E-state index contributed by atoms with van der Waals surface area (Å²) in [6, 6.07) is 14.2. The molecule has 0 spiro atoms. The first-order valence-electron chi connectivity index (χ1n) is 9.66. The Bertz CT molecular complexity index is 890. The van der Waals surface area contributed by atoms with Gasteiger partial charge in [-0.25, -0.2) is 8.42 Å². The van der Waals surface area contributed by atoms with E-state index in [4.69, 9.17) is 4.74 Å². The number of carbonyl (C=O) groups excluding carboxylic acids is 1. The van der Waals surface area contributed by atoms with Gasteiger partial charge in [0.1, 0.15) is 5.75 Å². The van der Waals surface area contributed by atoms with E-state index in [0.717, 1.165) is 5.56 Å². The number of rotatable bonds is 9. The third-order valence-corrected chi connectivity index (χ3v) is 7.49. The summed E-state index contributed by atoms with van der Waals surface area (Å²) in [6.45, 7) is 5.68. The average molecular weight is 404 g/mol. The highest BCUT2D eigenvalue weighted by atomic mass is 32.2. The molecule has 0 heterocycles. The van der Waals surface area contributed by atoms with Crippen LogP contribution >= 0.6 is 0 Å². The fourth-order valence-corrected chi connectivity index (χ4v) is 5.16. The number of carbonyl (C=O) groups is 1. The van der Waals surface area contributed by atoms with E-state index in [1.807, 2.05) is 51.1 Å². The third-order valence-electron chi connectivity index (χ3n) is 5.03. The molecule has 0 saturated carbocycles. The molecule has 0 aliphatic heterocycles. The molecule has 1 unspecified atom stereocenters. The van der Waals surface area contributed by atoms with E-state index in [2.05, 4.69) is 5.32 Å². The molecular weight excluding hydrogens is 374 g/mol. The largest absolute Gasteiger partial charge is 0.495 e. The van der Waals surface area contributed by atoms with Gasteiger partial charge in [-0.2, -0.15) is 0 Å². The molecule has 2 aromatic carbocycles. The normalized spacial score (nSPS) is 12.6. The Morgan fingerprint density at radius 3 is 2.18 bits per heavy atom. The number of anilines is 1. The molecule has 1 N–H and O–H groups in total. The molecule has 0 radical (unpaired) electrons. The van der Waals surface area contributed by atoms with E-state index in [-0.39, 0.29) is 16.7 Å². The molecule has 0 saturated heterocycles. The van der Waals surface area contributed by atoms with Gasteiger partial charge >= 0.3 is 0 Å². The lowest BCUT2D eigenvalue weighted by molar-refractivity contribution is -0.117. The van der Waals surface area contributed by atoms with Crippen LogP contribution in [-0.4, -0.2) is 26.7 Å². The molecule has 1 amide bonds. The third kappa shape index (κ3) is 4.73. The molecule has 0 fully saturated rings. The second-order valence-electron chi connectivity index (χ2n) is 6.71. The quantitative estimate of drug-likeness (QED) is 0.653. The van der Waals surface area contributed by atoms with Crippen LogP contribution in [0.2, 0.25) is 0 Å². The topological polar surface area (TPSA) is 72.5 Å². The maximum Gasteiger partial charge on any atom is 0.232 e. The second kappa shape index (κ2) is 9.73. The van der Waals surface area contributed by atoms with Crippen molar-refractivity contribution in [2.45, 2.75) is 56.1 Å². The fraction of sp³-hybridized carbons (Fsp3) is 0.409. The number of benzene rings is 2. The summed E-state index contributed by atoms with van der Waals surface area (Å²) in [5.74, 6) is -0.0888. The lowest BCUT2D eigenvalue weighted by Gasteiger charge is -2.19. The first kappa shape index (κ1) is 22.0.